The molecule has 0 saturated carbocycles. The quantitative estimate of drug-likeness (QED) is 0.126. The van der Waals surface area contributed by atoms with Crippen molar-refractivity contribution in [1.82, 2.24) is 4.40 Å². The number of unbranched alkanes of at least 4 members (excludes halogenated alkanes) is 1. The van der Waals surface area contributed by atoms with Crippen LogP contribution in [0.4, 0.5) is 0 Å². The van der Waals surface area contributed by atoms with Gasteiger partial charge in [-0.3, -0.25) is 0 Å². The third kappa shape index (κ3) is 6.54. The lowest BCUT2D eigenvalue weighted by Gasteiger charge is -2.10. The Labute approximate surface area is 232 Å². The second-order valence-electron chi connectivity index (χ2n) is 9.07. The molecule has 5 rings (SSSR count). The zero-order valence-electron chi connectivity index (χ0n) is 26.0. The second kappa shape index (κ2) is 15.8. The van der Waals surface area contributed by atoms with Crippen molar-refractivity contribution < 1.29 is 4.57 Å². The van der Waals surface area contributed by atoms with Gasteiger partial charge in [-0.2, -0.15) is 4.40 Å². The van der Waals surface area contributed by atoms with Crippen LogP contribution in [0.5, 0.6) is 0 Å². The van der Waals surface area contributed by atoms with E-state index in [4.69, 9.17) is 0 Å². The number of rotatable bonds is 2. The van der Waals surface area contributed by atoms with Crippen LogP contribution in [-0.4, -0.2) is 4.40 Å². The van der Waals surface area contributed by atoms with Crippen molar-refractivity contribution in [2.75, 3.05) is 0 Å². The minimum atomic E-state index is 1.25. The summed E-state index contributed by atoms with van der Waals surface area (Å²) in [5.41, 5.74) is 10.3. The molecule has 0 aliphatic heterocycles. The number of hydrogen-bond donors (Lipinski definition) is 0. The Morgan fingerprint density at radius 1 is 0.711 bits per heavy atom. The van der Waals surface area contributed by atoms with Gasteiger partial charge in [-0.1, -0.05) is 102 Å². The molecule has 0 saturated heterocycles. The standard InChI is InChI=1S/C26H25N2.C4H10.2C2H6.C2H4/c1-16-12-13-22-21(14-16)20-11-7-10-19(4)25(20)26-27(5)15-23(28(22)26)24-17(2)8-6-9-18(24)3;1-3-4-2;3*1-2/h6-15H,1-5H3;3-4H2,1-2H3;2*1-2H3;1-2H2/q+1;;;;. The fourth-order valence-electron chi connectivity index (χ4n) is 4.75. The second-order valence-corrected chi connectivity index (χ2v) is 9.07. The van der Waals surface area contributed by atoms with Crippen LogP contribution in [0, 0.1) is 27.7 Å². The summed E-state index contributed by atoms with van der Waals surface area (Å²) >= 11 is 0. The lowest BCUT2D eigenvalue weighted by atomic mass is 9.99. The average molecular weight is 512 g/mol. The molecule has 204 valence electrons. The van der Waals surface area contributed by atoms with E-state index in [1.807, 2.05) is 27.7 Å². The maximum atomic E-state index is 3.00. The summed E-state index contributed by atoms with van der Waals surface area (Å²) in [6.45, 7) is 27.2. The fourth-order valence-corrected chi connectivity index (χ4v) is 4.75. The molecule has 3 aromatic carbocycles. The van der Waals surface area contributed by atoms with E-state index >= 15 is 0 Å². The van der Waals surface area contributed by atoms with Gasteiger partial charge in [-0.05, 0) is 56.5 Å². The van der Waals surface area contributed by atoms with E-state index in [-0.39, 0.29) is 0 Å². The van der Waals surface area contributed by atoms with E-state index in [1.54, 1.807) is 0 Å². The Balaban J connectivity index is 0.000000641. The van der Waals surface area contributed by atoms with Crippen LogP contribution < -0.4 is 4.57 Å². The van der Waals surface area contributed by atoms with E-state index in [2.05, 4.69) is 132 Å². The van der Waals surface area contributed by atoms with Crippen molar-refractivity contribution in [1.29, 1.82) is 0 Å². The van der Waals surface area contributed by atoms with Crippen molar-refractivity contribution in [2.24, 2.45) is 7.05 Å². The van der Waals surface area contributed by atoms with Gasteiger partial charge in [0.2, 0.25) is 0 Å². The van der Waals surface area contributed by atoms with Crippen LogP contribution in [-0.2, 0) is 7.05 Å². The molecule has 5 aromatic rings. The number of aryl methyl sites for hydroxylation is 5. The molecular formula is C36H51N2+. The maximum absolute atomic E-state index is 3.00. The first kappa shape index (κ1) is 32.6. The van der Waals surface area contributed by atoms with Crippen LogP contribution in [0.2, 0.25) is 0 Å². The van der Waals surface area contributed by atoms with Gasteiger partial charge < -0.3 is 0 Å². The first-order valence-electron chi connectivity index (χ1n) is 14.3. The molecule has 38 heavy (non-hydrogen) atoms. The first-order valence-corrected chi connectivity index (χ1v) is 14.3. The van der Waals surface area contributed by atoms with Crippen molar-refractivity contribution in [3.05, 3.63) is 96.2 Å². The number of benzene rings is 3. The molecule has 2 heterocycles. The Kier molecular flexibility index (Phi) is 13.5. The minimum absolute atomic E-state index is 1.25. The highest BCUT2D eigenvalue weighted by Crippen LogP contribution is 2.36. The van der Waals surface area contributed by atoms with Crippen LogP contribution in [0.25, 0.3) is 38.6 Å². The average Bonchev–Trinajstić information content (AvgIpc) is 3.28. The summed E-state index contributed by atoms with van der Waals surface area (Å²) in [6, 6.07) is 20.0. The summed E-state index contributed by atoms with van der Waals surface area (Å²) in [5.74, 6) is 0. The van der Waals surface area contributed by atoms with E-state index in [9.17, 15) is 0 Å². The molecule has 0 unspecified atom stereocenters. The van der Waals surface area contributed by atoms with Gasteiger partial charge in [0, 0.05) is 16.3 Å². The molecule has 0 aliphatic rings. The smallest absolute Gasteiger partial charge is 0.232 e. The van der Waals surface area contributed by atoms with Gasteiger partial charge in [0.15, 0.2) is 5.69 Å². The monoisotopic (exact) mass is 511 g/mol. The third-order valence-corrected chi connectivity index (χ3v) is 6.52. The van der Waals surface area contributed by atoms with E-state index in [0.717, 1.165) is 0 Å². The third-order valence-electron chi connectivity index (χ3n) is 6.52. The van der Waals surface area contributed by atoms with Gasteiger partial charge in [0.1, 0.15) is 11.7 Å². The molecule has 0 bridgehead atoms. The zero-order chi connectivity index (χ0) is 29.0. The highest BCUT2D eigenvalue weighted by atomic mass is 15.1. The predicted octanol–water partition coefficient (Wildman–Crippen LogP) is 10.6. The summed E-state index contributed by atoms with van der Waals surface area (Å²) in [5, 5.41) is 3.98. The SMILES string of the molecule is C=C.CC.CC.CCCC.Cc1ccc2c(c1)c1cccc(C)c1c1n2c(-c2c(C)cccc2C)c[n+]1C. The van der Waals surface area contributed by atoms with E-state index in [1.165, 1.54) is 73.7 Å². The molecule has 2 heteroatoms. The van der Waals surface area contributed by atoms with Gasteiger partial charge in [0.05, 0.1) is 12.4 Å². The van der Waals surface area contributed by atoms with Gasteiger partial charge in [-0.15, -0.1) is 13.2 Å². The normalized spacial score (nSPS) is 9.87. The highest BCUT2D eigenvalue weighted by Gasteiger charge is 2.25. The highest BCUT2D eigenvalue weighted by molar-refractivity contribution is 6.13. The van der Waals surface area contributed by atoms with Gasteiger partial charge >= 0.3 is 0 Å². The first-order chi connectivity index (χ1) is 18.4. The molecular weight excluding hydrogens is 460 g/mol. The Morgan fingerprint density at radius 3 is 1.79 bits per heavy atom. The Morgan fingerprint density at radius 2 is 1.24 bits per heavy atom. The molecule has 2 nitrogen and oxygen atoms in total. The number of nitrogens with zero attached hydrogens (tertiary/aromatic N) is 2. The lowest BCUT2D eigenvalue weighted by molar-refractivity contribution is -0.643. The molecule has 0 radical (unpaired) electrons. The summed E-state index contributed by atoms with van der Waals surface area (Å²) in [7, 11) is 2.17. The van der Waals surface area contributed by atoms with Crippen LogP contribution in [0.3, 0.4) is 0 Å². The minimum Gasteiger partial charge on any atom is -0.232 e. The Hall–Kier alpha value is -3.39. The molecule has 0 aliphatic carbocycles. The number of imidazole rings is 1. The zero-order valence-corrected chi connectivity index (χ0v) is 26.0. The van der Waals surface area contributed by atoms with Crippen molar-refractivity contribution in [3.8, 4) is 11.3 Å². The van der Waals surface area contributed by atoms with E-state index in [0.29, 0.717) is 0 Å². The van der Waals surface area contributed by atoms with Crippen LogP contribution in [0.1, 0.15) is 76.6 Å². The predicted molar refractivity (Wildman–Crippen MR) is 173 cm³/mol. The fraction of sp³-hybridized carbons (Fsp3) is 0.361. The number of fused-ring (bicyclic) bond motifs is 6. The summed E-state index contributed by atoms with van der Waals surface area (Å²) in [4.78, 5) is 0. The Bertz CT molecular complexity index is 1430. The topological polar surface area (TPSA) is 8.29 Å². The molecule has 0 fully saturated rings. The number of aromatic nitrogens is 2. The molecule has 0 N–H and O–H groups in total. The maximum Gasteiger partial charge on any atom is 0.295 e. The molecule has 0 atom stereocenters. The number of pyridine rings is 1. The van der Waals surface area contributed by atoms with Crippen molar-refractivity contribution in [2.45, 2.75) is 82.1 Å². The number of hydrogen-bond acceptors (Lipinski definition) is 0. The van der Waals surface area contributed by atoms with Crippen molar-refractivity contribution >= 4 is 27.3 Å². The van der Waals surface area contributed by atoms with Gasteiger partial charge in [0.25, 0.3) is 5.65 Å². The van der Waals surface area contributed by atoms with Gasteiger partial charge in [-0.25, -0.2) is 4.57 Å². The summed E-state index contributed by atoms with van der Waals surface area (Å²) in [6.07, 6.45) is 4.93. The lowest BCUT2D eigenvalue weighted by Crippen LogP contribution is -2.26. The molecule has 0 amide bonds. The van der Waals surface area contributed by atoms with E-state index < -0.39 is 0 Å². The summed E-state index contributed by atoms with van der Waals surface area (Å²) < 4.78 is 4.75. The molecule has 2 aromatic heterocycles. The largest absolute Gasteiger partial charge is 0.295 e. The van der Waals surface area contributed by atoms with Crippen molar-refractivity contribution in [3.63, 3.8) is 0 Å². The van der Waals surface area contributed by atoms with Crippen LogP contribution in [0.15, 0.2) is 74.0 Å². The molecule has 0 spiro atoms. The van der Waals surface area contributed by atoms with Crippen LogP contribution >= 0.6 is 0 Å².